The third-order valence-electron chi connectivity index (χ3n) is 6.49. The Bertz CT molecular complexity index is 1470. The number of nitrogens with zero attached hydrogens (tertiary/aromatic N) is 3. The number of aromatic nitrogens is 1. The molecule has 0 aliphatic carbocycles. The molecule has 3 aromatic carbocycles. The Hall–Kier alpha value is -3.99. The molecule has 1 N–H and O–H groups in total. The number of piperidine rings is 1. The lowest BCUT2D eigenvalue weighted by Gasteiger charge is -2.31. The van der Waals surface area contributed by atoms with Crippen LogP contribution in [0.15, 0.2) is 102 Å². The van der Waals surface area contributed by atoms with Crippen molar-refractivity contribution in [3.05, 3.63) is 103 Å². The first-order valence-electron chi connectivity index (χ1n) is 11.9. The van der Waals surface area contributed by atoms with Crippen molar-refractivity contribution >= 4 is 15.8 Å². The van der Waals surface area contributed by atoms with E-state index in [1.165, 1.54) is 6.20 Å². The van der Waals surface area contributed by atoms with Gasteiger partial charge in [-0.1, -0.05) is 60.7 Å². The van der Waals surface area contributed by atoms with Crippen molar-refractivity contribution in [3.8, 4) is 28.3 Å². The summed E-state index contributed by atoms with van der Waals surface area (Å²) in [6.45, 7) is 0.883. The predicted molar refractivity (Wildman–Crippen MR) is 142 cm³/mol. The van der Waals surface area contributed by atoms with Crippen LogP contribution in [0.5, 0.6) is 0 Å². The molecule has 4 aromatic rings. The Labute approximate surface area is 211 Å². The van der Waals surface area contributed by atoms with E-state index in [1.54, 1.807) is 28.6 Å². The Kier molecular flexibility index (Phi) is 6.81. The molecule has 0 amide bonds. The lowest BCUT2D eigenvalue weighted by molar-refractivity contribution is 0.329. The van der Waals surface area contributed by atoms with Crippen molar-refractivity contribution in [1.29, 1.82) is 5.26 Å². The highest BCUT2D eigenvalue weighted by Gasteiger charge is 2.29. The molecular weight excluding hydrogens is 468 g/mol. The van der Waals surface area contributed by atoms with Crippen LogP contribution in [0.25, 0.3) is 22.3 Å². The van der Waals surface area contributed by atoms with Gasteiger partial charge < -0.3 is 5.32 Å². The van der Waals surface area contributed by atoms with Gasteiger partial charge in [-0.15, -0.1) is 0 Å². The summed E-state index contributed by atoms with van der Waals surface area (Å²) >= 11 is 0. The van der Waals surface area contributed by atoms with Gasteiger partial charge >= 0.3 is 0 Å². The number of anilines is 1. The number of nitrogens with one attached hydrogen (secondary N) is 1. The number of rotatable bonds is 6. The number of sulfonamides is 1. The maximum atomic E-state index is 13.3. The monoisotopic (exact) mass is 494 g/mol. The molecule has 1 aromatic heterocycles. The third-order valence-corrected chi connectivity index (χ3v) is 8.41. The van der Waals surface area contributed by atoms with Gasteiger partial charge in [0.2, 0.25) is 10.0 Å². The zero-order chi connectivity index (χ0) is 25.0. The van der Waals surface area contributed by atoms with Crippen LogP contribution in [-0.2, 0) is 10.0 Å². The van der Waals surface area contributed by atoms with Crippen LogP contribution >= 0.6 is 0 Å². The molecule has 2 heterocycles. The van der Waals surface area contributed by atoms with Gasteiger partial charge in [-0.3, -0.25) is 0 Å². The van der Waals surface area contributed by atoms with Crippen molar-refractivity contribution < 1.29 is 8.42 Å². The molecule has 0 spiro atoms. The number of pyridine rings is 1. The minimum Gasteiger partial charge on any atom is -0.367 e. The second kappa shape index (κ2) is 10.3. The van der Waals surface area contributed by atoms with Crippen LogP contribution in [0, 0.1) is 11.3 Å². The molecule has 6 nitrogen and oxygen atoms in total. The highest BCUT2D eigenvalue weighted by atomic mass is 32.2. The normalized spacial score (nSPS) is 14.8. The number of nitriles is 1. The molecule has 0 radical (unpaired) electrons. The number of benzene rings is 3. The molecule has 180 valence electrons. The molecule has 5 rings (SSSR count). The fourth-order valence-electron chi connectivity index (χ4n) is 4.47. The standard InChI is InChI=1S/C29H26N4O2S/c30-20-22-9-14-29(31-21-22)32-27-15-17-33(18-16-27)36(34,35)28-12-10-24(11-13-28)26-8-4-7-25(19-26)23-5-2-1-3-6-23/h1-14,19,21,27H,15-18H2,(H,31,32). The summed E-state index contributed by atoms with van der Waals surface area (Å²) in [4.78, 5) is 4.56. The molecule has 0 saturated carbocycles. The van der Waals surface area contributed by atoms with E-state index in [0.29, 0.717) is 42.2 Å². The molecule has 7 heteroatoms. The molecule has 1 aliphatic heterocycles. The molecule has 1 saturated heterocycles. The SMILES string of the molecule is N#Cc1ccc(NC2CCN(S(=O)(=O)c3ccc(-c4cccc(-c5ccccc5)c4)cc3)CC2)nc1. The average Bonchev–Trinajstić information content (AvgIpc) is 2.94. The van der Waals surface area contributed by atoms with Gasteiger partial charge in [-0.25, -0.2) is 13.4 Å². The van der Waals surface area contributed by atoms with Crippen molar-refractivity contribution in [2.75, 3.05) is 18.4 Å². The minimum absolute atomic E-state index is 0.135. The fraction of sp³-hybridized carbons (Fsp3) is 0.172. The van der Waals surface area contributed by atoms with Crippen LogP contribution in [0.4, 0.5) is 5.82 Å². The van der Waals surface area contributed by atoms with Gasteiger partial charge in [0.25, 0.3) is 0 Å². The quantitative estimate of drug-likeness (QED) is 0.380. The van der Waals surface area contributed by atoms with Crippen molar-refractivity contribution in [2.45, 2.75) is 23.8 Å². The summed E-state index contributed by atoms with van der Waals surface area (Å²) in [6.07, 6.45) is 2.90. The molecule has 1 fully saturated rings. The van der Waals surface area contributed by atoms with Crippen molar-refractivity contribution in [1.82, 2.24) is 9.29 Å². The molecule has 0 bridgehead atoms. The zero-order valence-corrected chi connectivity index (χ0v) is 20.5. The summed E-state index contributed by atoms with van der Waals surface area (Å²) in [6, 6.07) is 31.3. The first-order valence-corrected chi connectivity index (χ1v) is 13.4. The van der Waals surface area contributed by atoms with Crippen molar-refractivity contribution in [2.24, 2.45) is 0 Å². The van der Waals surface area contributed by atoms with Crippen LogP contribution in [-0.4, -0.2) is 36.8 Å². The van der Waals surface area contributed by atoms with Crippen LogP contribution in [0.3, 0.4) is 0 Å². The van der Waals surface area contributed by atoms with Crippen molar-refractivity contribution in [3.63, 3.8) is 0 Å². The van der Waals surface area contributed by atoms with Gasteiger partial charge in [0, 0.05) is 25.3 Å². The summed E-state index contributed by atoms with van der Waals surface area (Å²) in [7, 11) is -3.56. The van der Waals surface area contributed by atoms with E-state index in [2.05, 4.69) is 40.6 Å². The second-order valence-corrected chi connectivity index (χ2v) is 10.8. The van der Waals surface area contributed by atoms with Crippen LogP contribution in [0.2, 0.25) is 0 Å². The maximum absolute atomic E-state index is 13.3. The highest BCUT2D eigenvalue weighted by Crippen LogP contribution is 2.28. The second-order valence-electron chi connectivity index (χ2n) is 8.84. The fourth-order valence-corrected chi connectivity index (χ4v) is 5.94. The number of hydrogen-bond donors (Lipinski definition) is 1. The minimum atomic E-state index is -3.56. The molecule has 0 unspecified atom stereocenters. The molecular formula is C29H26N4O2S. The first kappa shape index (κ1) is 23.7. The Balaban J connectivity index is 1.24. The predicted octanol–water partition coefficient (Wildman–Crippen LogP) is 5.55. The molecule has 1 aliphatic rings. The maximum Gasteiger partial charge on any atom is 0.243 e. The van der Waals surface area contributed by atoms with E-state index in [9.17, 15) is 8.42 Å². The largest absolute Gasteiger partial charge is 0.367 e. The lowest BCUT2D eigenvalue weighted by Crippen LogP contribution is -2.42. The summed E-state index contributed by atoms with van der Waals surface area (Å²) in [5.74, 6) is 0.697. The van der Waals surface area contributed by atoms with E-state index in [1.807, 2.05) is 42.5 Å². The summed E-state index contributed by atoms with van der Waals surface area (Å²) in [5, 5.41) is 12.2. The van der Waals surface area contributed by atoms with Gasteiger partial charge in [-0.05, 0) is 65.4 Å². The van der Waals surface area contributed by atoms with Crippen LogP contribution < -0.4 is 5.32 Å². The summed E-state index contributed by atoms with van der Waals surface area (Å²) in [5.41, 5.74) is 4.80. The van der Waals surface area contributed by atoms with E-state index in [4.69, 9.17) is 5.26 Å². The van der Waals surface area contributed by atoms with Gasteiger partial charge in [-0.2, -0.15) is 9.57 Å². The smallest absolute Gasteiger partial charge is 0.243 e. The summed E-state index contributed by atoms with van der Waals surface area (Å²) < 4.78 is 28.1. The first-order chi connectivity index (χ1) is 17.5. The Morgan fingerprint density at radius 3 is 2.06 bits per heavy atom. The van der Waals surface area contributed by atoms with E-state index < -0.39 is 10.0 Å². The van der Waals surface area contributed by atoms with Crippen LogP contribution in [0.1, 0.15) is 18.4 Å². The third kappa shape index (κ3) is 5.15. The van der Waals surface area contributed by atoms with E-state index >= 15 is 0 Å². The number of hydrogen-bond acceptors (Lipinski definition) is 5. The topological polar surface area (TPSA) is 86.1 Å². The van der Waals surface area contributed by atoms with E-state index in [0.717, 1.165) is 22.3 Å². The Morgan fingerprint density at radius 2 is 1.44 bits per heavy atom. The van der Waals surface area contributed by atoms with Gasteiger partial charge in [0.1, 0.15) is 11.9 Å². The Morgan fingerprint density at radius 1 is 0.806 bits per heavy atom. The highest BCUT2D eigenvalue weighted by molar-refractivity contribution is 7.89. The molecule has 36 heavy (non-hydrogen) atoms. The van der Waals surface area contributed by atoms with Gasteiger partial charge in [0.05, 0.1) is 10.5 Å². The average molecular weight is 495 g/mol. The van der Waals surface area contributed by atoms with Gasteiger partial charge in [0.15, 0.2) is 0 Å². The molecule has 0 atom stereocenters. The zero-order valence-electron chi connectivity index (χ0n) is 19.7. The lowest BCUT2D eigenvalue weighted by atomic mass is 9.99. The van der Waals surface area contributed by atoms with E-state index in [-0.39, 0.29) is 6.04 Å².